The monoisotopic (exact) mass is 318 g/mol. The molecule has 2 N–H and O–H groups in total. The van der Waals surface area contributed by atoms with Gasteiger partial charge in [-0.3, -0.25) is 4.79 Å². The lowest BCUT2D eigenvalue weighted by Crippen LogP contribution is -2.23. The molecule has 3 aromatic rings. The van der Waals surface area contributed by atoms with Gasteiger partial charge < -0.3 is 15.0 Å². The highest BCUT2D eigenvalue weighted by atomic mass is 16.5. The van der Waals surface area contributed by atoms with E-state index in [2.05, 4.69) is 22.1 Å². The van der Waals surface area contributed by atoms with Gasteiger partial charge in [-0.2, -0.15) is 0 Å². The van der Waals surface area contributed by atoms with E-state index in [0.717, 1.165) is 22.2 Å². The first-order valence-corrected chi connectivity index (χ1v) is 7.74. The number of amides is 1. The third-order valence-corrected chi connectivity index (χ3v) is 3.63. The fourth-order valence-corrected chi connectivity index (χ4v) is 2.36. The average molecular weight is 318 g/mol. The summed E-state index contributed by atoms with van der Waals surface area (Å²) in [5.74, 6) is 6.45. The second-order valence-electron chi connectivity index (χ2n) is 5.36. The van der Waals surface area contributed by atoms with Crippen LogP contribution in [0.5, 0.6) is 5.75 Å². The number of rotatable bonds is 4. The summed E-state index contributed by atoms with van der Waals surface area (Å²) in [6.45, 7) is 2.57. The van der Waals surface area contributed by atoms with Crippen LogP contribution in [0.15, 0.2) is 54.6 Å². The molecule has 4 nitrogen and oxygen atoms in total. The molecular weight excluding hydrogens is 300 g/mol. The topological polar surface area (TPSA) is 54.1 Å². The van der Waals surface area contributed by atoms with Gasteiger partial charge in [-0.1, -0.05) is 48.2 Å². The van der Waals surface area contributed by atoms with Crippen molar-refractivity contribution >= 4 is 16.8 Å². The molecule has 3 rings (SSSR count). The van der Waals surface area contributed by atoms with Crippen LogP contribution in [0.2, 0.25) is 0 Å². The summed E-state index contributed by atoms with van der Waals surface area (Å²) in [7, 11) is 0. The number of H-pyrrole nitrogens is 1. The highest BCUT2D eigenvalue weighted by molar-refractivity contribution is 5.98. The SMILES string of the molecule is Cc1ccccc1OCC#CCNC(=O)c1cc2ccccc2[nH]1. The minimum atomic E-state index is -0.166. The lowest BCUT2D eigenvalue weighted by atomic mass is 10.2. The standard InChI is InChI=1S/C20H18N2O2/c1-15-8-2-5-11-19(15)24-13-7-6-12-21-20(23)18-14-16-9-3-4-10-17(16)22-18/h2-5,8-11,14,22H,12-13H2,1H3,(H,21,23). The Morgan fingerprint density at radius 1 is 1.12 bits per heavy atom. The van der Waals surface area contributed by atoms with Crippen molar-refractivity contribution in [2.75, 3.05) is 13.2 Å². The van der Waals surface area contributed by atoms with E-state index in [1.165, 1.54) is 0 Å². The van der Waals surface area contributed by atoms with Gasteiger partial charge in [0.2, 0.25) is 0 Å². The Labute approximate surface area is 140 Å². The van der Waals surface area contributed by atoms with Gasteiger partial charge in [0.25, 0.3) is 5.91 Å². The Bertz CT molecular complexity index is 883. The van der Waals surface area contributed by atoms with Crippen molar-refractivity contribution < 1.29 is 9.53 Å². The molecule has 1 amide bonds. The number of hydrogen-bond acceptors (Lipinski definition) is 2. The number of fused-ring (bicyclic) bond motifs is 1. The van der Waals surface area contributed by atoms with Gasteiger partial charge in [0, 0.05) is 10.9 Å². The van der Waals surface area contributed by atoms with Crippen molar-refractivity contribution in [2.24, 2.45) is 0 Å². The molecule has 0 spiro atoms. The molecule has 2 aromatic carbocycles. The molecule has 24 heavy (non-hydrogen) atoms. The van der Waals surface area contributed by atoms with Crippen LogP contribution in [0.3, 0.4) is 0 Å². The molecule has 1 aromatic heterocycles. The highest BCUT2D eigenvalue weighted by Crippen LogP contribution is 2.15. The van der Waals surface area contributed by atoms with Crippen LogP contribution in [-0.4, -0.2) is 24.0 Å². The first kappa shape index (κ1) is 15.7. The third-order valence-electron chi connectivity index (χ3n) is 3.63. The van der Waals surface area contributed by atoms with Crippen LogP contribution >= 0.6 is 0 Å². The smallest absolute Gasteiger partial charge is 0.268 e. The Morgan fingerprint density at radius 2 is 1.92 bits per heavy atom. The van der Waals surface area contributed by atoms with Crippen molar-refractivity contribution in [2.45, 2.75) is 6.92 Å². The van der Waals surface area contributed by atoms with Crippen LogP contribution in [0.25, 0.3) is 10.9 Å². The van der Waals surface area contributed by atoms with Crippen molar-refractivity contribution in [3.05, 3.63) is 65.9 Å². The van der Waals surface area contributed by atoms with Crippen LogP contribution in [0.4, 0.5) is 0 Å². The number of aryl methyl sites for hydroxylation is 1. The predicted octanol–water partition coefficient (Wildman–Crippen LogP) is 3.29. The fraction of sp³-hybridized carbons (Fsp3) is 0.150. The molecule has 0 saturated heterocycles. The number of carbonyl (C=O) groups excluding carboxylic acids is 1. The van der Waals surface area contributed by atoms with Crippen molar-refractivity contribution in [3.63, 3.8) is 0 Å². The fourth-order valence-electron chi connectivity index (χ4n) is 2.36. The Hall–Kier alpha value is -3.19. The average Bonchev–Trinajstić information content (AvgIpc) is 3.03. The zero-order valence-electron chi connectivity index (χ0n) is 13.4. The van der Waals surface area contributed by atoms with Gasteiger partial charge in [0.15, 0.2) is 0 Å². The lowest BCUT2D eigenvalue weighted by Gasteiger charge is -2.04. The summed E-state index contributed by atoms with van der Waals surface area (Å²) in [6.07, 6.45) is 0. The van der Waals surface area contributed by atoms with Gasteiger partial charge in [0.05, 0.1) is 6.54 Å². The number of ether oxygens (including phenoxy) is 1. The summed E-state index contributed by atoms with van der Waals surface area (Å²) < 4.78 is 5.58. The van der Waals surface area contributed by atoms with E-state index in [1.54, 1.807) is 0 Å². The maximum atomic E-state index is 12.1. The molecule has 0 bridgehead atoms. The second kappa shape index (κ2) is 7.38. The summed E-state index contributed by atoms with van der Waals surface area (Å²) in [5, 5.41) is 3.78. The Kier molecular flexibility index (Phi) is 4.83. The second-order valence-corrected chi connectivity index (χ2v) is 5.36. The number of benzene rings is 2. The van der Waals surface area contributed by atoms with Crippen molar-refractivity contribution in [1.29, 1.82) is 0 Å². The van der Waals surface area contributed by atoms with Crippen molar-refractivity contribution in [1.82, 2.24) is 10.3 Å². The van der Waals surface area contributed by atoms with Crippen LogP contribution in [0, 0.1) is 18.8 Å². The highest BCUT2D eigenvalue weighted by Gasteiger charge is 2.07. The Morgan fingerprint density at radius 3 is 2.75 bits per heavy atom. The number of carbonyl (C=O) groups is 1. The van der Waals surface area contributed by atoms with Gasteiger partial charge in [-0.05, 0) is 30.7 Å². The van der Waals surface area contributed by atoms with E-state index in [-0.39, 0.29) is 12.5 Å². The zero-order valence-corrected chi connectivity index (χ0v) is 13.4. The van der Waals surface area contributed by atoms with E-state index in [1.807, 2.05) is 61.5 Å². The van der Waals surface area contributed by atoms with Crippen LogP contribution in [0.1, 0.15) is 16.1 Å². The van der Waals surface area contributed by atoms with Gasteiger partial charge >= 0.3 is 0 Å². The predicted molar refractivity (Wildman–Crippen MR) is 95.1 cm³/mol. The quantitative estimate of drug-likeness (QED) is 0.725. The Balaban J connectivity index is 1.48. The minimum absolute atomic E-state index is 0.166. The lowest BCUT2D eigenvalue weighted by molar-refractivity contribution is 0.0954. The first-order valence-electron chi connectivity index (χ1n) is 7.74. The van der Waals surface area contributed by atoms with Gasteiger partial charge in [-0.15, -0.1) is 0 Å². The molecule has 0 aliphatic heterocycles. The van der Waals surface area contributed by atoms with E-state index in [9.17, 15) is 4.79 Å². The van der Waals surface area contributed by atoms with Crippen molar-refractivity contribution in [3.8, 4) is 17.6 Å². The summed E-state index contributed by atoms with van der Waals surface area (Å²) in [5.41, 5.74) is 2.56. The van der Waals surface area contributed by atoms with Crippen LogP contribution in [-0.2, 0) is 0 Å². The molecule has 1 heterocycles. The molecule has 0 saturated carbocycles. The number of hydrogen-bond donors (Lipinski definition) is 2. The largest absolute Gasteiger partial charge is 0.481 e. The summed E-state index contributed by atoms with van der Waals surface area (Å²) in [6, 6.07) is 17.4. The molecule has 0 unspecified atom stereocenters. The number of aromatic amines is 1. The normalized spacial score (nSPS) is 10.0. The molecule has 0 aliphatic carbocycles. The molecule has 0 aliphatic rings. The van der Waals surface area contributed by atoms with Gasteiger partial charge in [0.1, 0.15) is 18.1 Å². The molecule has 120 valence electrons. The summed E-state index contributed by atoms with van der Waals surface area (Å²) >= 11 is 0. The minimum Gasteiger partial charge on any atom is -0.481 e. The van der Waals surface area contributed by atoms with Gasteiger partial charge in [-0.25, -0.2) is 0 Å². The molecule has 0 fully saturated rings. The van der Waals surface area contributed by atoms with Crippen LogP contribution < -0.4 is 10.1 Å². The molecular formula is C20H18N2O2. The number of nitrogens with one attached hydrogen (secondary N) is 2. The maximum Gasteiger partial charge on any atom is 0.268 e. The molecule has 0 radical (unpaired) electrons. The molecule has 4 heteroatoms. The number of para-hydroxylation sites is 2. The van der Waals surface area contributed by atoms with E-state index in [0.29, 0.717) is 12.3 Å². The van der Waals surface area contributed by atoms with E-state index in [4.69, 9.17) is 4.74 Å². The first-order chi connectivity index (χ1) is 11.7. The maximum absolute atomic E-state index is 12.1. The molecule has 0 atom stereocenters. The third kappa shape index (κ3) is 3.76. The number of aromatic nitrogens is 1. The van der Waals surface area contributed by atoms with E-state index >= 15 is 0 Å². The zero-order chi connectivity index (χ0) is 16.8. The summed E-state index contributed by atoms with van der Waals surface area (Å²) in [4.78, 5) is 15.2. The van der Waals surface area contributed by atoms with E-state index < -0.39 is 0 Å².